The van der Waals surface area contributed by atoms with Crippen molar-refractivity contribution in [2.75, 3.05) is 47.5 Å². The molecule has 0 spiro atoms. The average molecular weight is 998 g/mol. The zero-order valence-corrected chi connectivity index (χ0v) is 46.3. The van der Waals surface area contributed by atoms with E-state index in [4.69, 9.17) is 18.5 Å². The molecule has 0 heterocycles. The summed E-state index contributed by atoms with van der Waals surface area (Å²) in [6, 6.07) is 0. The molecule has 0 amide bonds. The van der Waals surface area contributed by atoms with Crippen LogP contribution in [0.1, 0.15) is 219 Å². The number of hydrogen-bond donors (Lipinski definition) is 0. The van der Waals surface area contributed by atoms with Gasteiger partial charge in [-0.3, -0.25) is 14.2 Å². The van der Waals surface area contributed by atoms with E-state index in [1.807, 2.05) is 21.1 Å². The Kier molecular flexibility index (Phi) is 48.6. The van der Waals surface area contributed by atoms with Crippen molar-refractivity contribution in [3.8, 4) is 0 Å². The van der Waals surface area contributed by atoms with Gasteiger partial charge in [0.1, 0.15) is 19.8 Å². The van der Waals surface area contributed by atoms with Crippen LogP contribution in [-0.4, -0.2) is 70.0 Å². The Morgan fingerprint density at radius 3 is 1.14 bits per heavy atom. The molecule has 0 aliphatic carbocycles. The molecule has 0 N–H and O–H groups in total. The van der Waals surface area contributed by atoms with Crippen molar-refractivity contribution in [3.63, 3.8) is 0 Å². The number of hydrogen-bond acceptors (Lipinski definition) is 8. The number of ether oxygens (including phenoxy) is 2. The second-order valence-electron chi connectivity index (χ2n) is 19.5. The first-order chi connectivity index (χ1) is 34.0. The molecule has 2 atom stereocenters. The predicted octanol–water partition coefficient (Wildman–Crippen LogP) is 16.6. The number of nitrogens with zero attached hydrogens (tertiary/aromatic N) is 1. The number of unbranched alkanes of at least 4 members (excludes halogenated alkanes) is 20. The van der Waals surface area contributed by atoms with Gasteiger partial charge in [0.25, 0.3) is 7.82 Å². The van der Waals surface area contributed by atoms with E-state index >= 15 is 0 Å². The van der Waals surface area contributed by atoms with E-state index in [0.29, 0.717) is 17.4 Å². The van der Waals surface area contributed by atoms with Crippen molar-refractivity contribution in [1.29, 1.82) is 0 Å². The average Bonchev–Trinajstić information content (AvgIpc) is 3.32. The number of carbonyl (C=O) groups is 2. The first kappa shape index (κ1) is 66.9. The molecule has 10 heteroatoms. The lowest BCUT2D eigenvalue weighted by Gasteiger charge is -2.28. The van der Waals surface area contributed by atoms with Crippen molar-refractivity contribution >= 4 is 19.8 Å². The molecule has 0 saturated heterocycles. The van der Waals surface area contributed by atoms with E-state index in [0.717, 1.165) is 103 Å². The van der Waals surface area contributed by atoms with Crippen molar-refractivity contribution in [1.82, 2.24) is 0 Å². The third kappa shape index (κ3) is 54.3. The molecular formula is C60H104NO8P. The van der Waals surface area contributed by atoms with Gasteiger partial charge in [0, 0.05) is 12.8 Å². The van der Waals surface area contributed by atoms with Gasteiger partial charge in [-0.15, -0.1) is 0 Å². The smallest absolute Gasteiger partial charge is 0.306 e. The molecule has 0 radical (unpaired) electrons. The van der Waals surface area contributed by atoms with Crippen LogP contribution in [0.2, 0.25) is 0 Å². The second kappa shape index (κ2) is 50.9. The minimum atomic E-state index is -4.64. The number of allylic oxidation sites excluding steroid dienone is 16. The molecule has 2 unspecified atom stereocenters. The Morgan fingerprint density at radius 1 is 0.443 bits per heavy atom. The van der Waals surface area contributed by atoms with Crippen LogP contribution in [0.4, 0.5) is 0 Å². The molecule has 0 bridgehead atoms. The van der Waals surface area contributed by atoms with Gasteiger partial charge in [0.15, 0.2) is 6.10 Å². The zero-order valence-electron chi connectivity index (χ0n) is 45.4. The maximum atomic E-state index is 12.8. The third-order valence-electron chi connectivity index (χ3n) is 11.6. The highest BCUT2D eigenvalue weighted by molar-refractivity contribution is 7.45. The summed E-state index contributed by atoms with van der Waals surface area (Å²) in [4.78, 5) is 37.9. The van der Waals surface area contributed by atoms with Gasteiger partial charge >= 0.3 is 11.9 Å². The van der Waals surface area contributed by atoms with Gasteiger partial charge in [0.05, 0.1) is 27.7 Å². The summed E-state index contributed by atoms with van der Waals surface area (Å²) in [6.07, 6.45) is 68.7. The minimum Gasteiger partial charge on any atom is -0.756 e. The van der Waals surface area contributed by atoms with Crippen molar-refractivity contribution in [3.05, 3.63) is 97.2 Å². The fourth-order valence-electron chi connectivity index (χ4n) is 7.34. The summed E-state index contributed by atoms with van der Waals surface area (Å²) < 4.78 is 34.1. The molecule has 0 rings (SSSR count). The van der Waals surface area contributed by atoms with Crippen LogP contribution in [0, 0.1) is 0 Å². The number of quaternary nitrogens is 1. The Morgan fingerprint density at radius 2 is 0.771 bits per heavy atom. The number of esters is 2. The minimum absolute atomic E-state index is 0.0371. The van der Waals surface area contributed by atoms with E-state index in [2.05, 4.69) is 111 Å². The summed E-state index contributed by atoms with van der Waals surface area (Å²) in [5.41, 5.74) is 0. The fourth-order valence-corrected chi connectivity index (χ4v) is 8.07. The van der Waals surface area contributed by atoms with Gasteiger partial charge in [-0.25, -0.2) is 0 Å². The number of rotatable bonds is 50. The van der Waals surface area contributed by atoms with E-state index in [1.54, 1.807) is 0 Å². The van der Waals surface area contributed by atoms with Gasteiger partial charge in [0.2, 0.25) is 0 Å². The van der Waals surface area contributed by atoms with E-state index in [1.165, 1.54) is 83.5 Å². The molecule has 0 saturated carbocycles. The maximum absolute atomic E-state index is 12.8. The van der Waals surface area contributed by atoms with Crippen LogP contribution in [0.5, 0.6) is 0 Å². The lowest BCUT2D eigenvalue weighted by Crippen LogP contribution is -2.37. The third-order valence-corrected chi connectivity index (χ3v) is 12.6. The lowest BCUT2D eigenvalue weighted by molar-refractivity contribution is -0.870. The van der Waals surface area contributed by atoms with E-state index in [9.17, 15) is 19.0 Å². The van der Waals surface area contributed by atoms with Gasteiger partial charge in [-0.2, -0.15) is 0 Å². The van der Waals surface area contributed by atoms with Gasteiger partial charge in [-0.1, -0.05) is 214 Å². The highest BCUT2D eigenvalue weighted by atomic mass is 31.2. The molecule has 0 aliphatic rings. The topological polar surface area (TPSA) is 111 Å². The van der Waals surface area contributed by atoms with Crippen LogP contribution < -0.4 is 4.89 Å². The first-order valence-electron chi connectivity index (χ1n) is 27.9. The van der Waals surface area contributed by atoms with Crippen LogP contribution in [0.3, 0.4) is 0 Å². The van der Waals surface area contributed by atoms with Crippen LogP contribution in [0.25, 0.3) is 0 Å². The fraction of sp³-hybridized carbons (Fsp3) is 0.700. The van der Waals surface area contributed by atoms with Crippen molar-refractivity contribution in [2.45, 2.75) is 225 Å². The van der Waals surface area contributed by atoms with Crippen molar-refractivity contribution in [2.24, 2.45) is 0 Å². The molecule has 0 aromatic carbocycles. The normalized spacial score (nSPS) is 14.1. The monoisotopic (exact) mass is 998 g/mol. The Hall–Kier alpha value is -3.07. The molecule has 0 aliphatic heterocycles. The van der Waals surface area contributed by atoms with Crippen LogP contribution >= 0.6 is 7.82 Å². The molecule has 402 valence electrons. The number of likely N-dealkylation sites (N-methyl/N-ethyl adjacent to an activating group) is 1. The number of carbonyl (C=O) groups excluding carboxylic acids is 2. The number of phosphoric ester groups is 1. The summed E-state index contributed by atoms with van der Waals surface area (Å²) in [7, 11) is 1.15. The predicted molar refractivity (Wildman–Crippen MR) is 295 cm³/mol. The molecule has 70 heavy (non-hydrogen) atoms. The molecular weight excluding hydrogens is 894 g/mol. The highest BCUT2D eigenvalue weighted by Crippen LogP contribution is 2.38. The van der Waals surface area contributed by atoms with Crippen LogP contribution in [-0.2, 0) is 32.7 Å². The van der Waals surface area contributed by atoms with Crippen molar-refractivity contribution < 1.29 is 42.1 Å². The second-order valence-corrected chi connectivity index (χ2v) is 20.9. The maximum Gasteiger partial charge on any atom is 0.306 e. The van der Waals surface area contributed by atoms with Gasteiger partial charge < -0.3 is 27.9 Å². The van der Waals surface area contributed by atoms with Crippen LogP contribution in [0.15, 0.2) is 97.2 Å². The van der Waals surface area contributed by atoms with E-state index in [-0.39, 0.29) is 26.1 Å². The lowest BCUT2D eigenvalue weighted by atomic mass is 10.0. The summed E-state index contributed by atoms with van der Waals surface area (Å²) in [5, 5.41) is 0. The zero-order chi connectivity index (χ0) is 51.3. The SMILES string of the molecule is CC/C=C\C/C=C\C/C=C\C/C=C\CCCCCCCCCCCCCCC(=O)OC(COC(=O)CCCCCCCCCC/C=C\C/C=C\C/C=C\C/C=C\CC)COP(=O)([O-])OCC[N+](C)(C)C. The Labute approximate surface area is 430 Å². The summed E-state index contributed by atoms with van der Waals surface area (Å²) >= 11 is 0. The molecule has 9 nitrogen and oxygen atoms in total. The Balaban J connectivity index is 4.22. The molecule has 0 fully saturated rings. The molecule has 0 aromatic heterocycles. The largest absolute Gasteiger partial charge is 0.756 e. The highest BCUT2D eigenvalue weighted by Gasteiger charge is 2.21. The van der Waals surface area contributed by atoms with E-state index < -0.39 is 32.5 Å². The summed E-state index contributed by atoms with van der Waals surface area (Å²) in [5.74, 6) is -0.848. The number of phosphoric acid groups is 1. The quantitative estimate of drug-likeness (QED) is 0.0195. The Bertz CT molecular complexity index is 1500. The summed E-state index contributed by atoms with van der Waals surface area (Å²) in [6.45, 7) is 4.00. The molecule has 0 aromatic rings. The standard InChI is InChI=1S/C60H104NO8P/c1-6-8-10-12-14-16-18-20-22-24-26-28-29-30-31-33-35-37-39-41-43-45-47-49-51-53-60(63)69-58(57-68-70(64,65)67-55-54-61(3,4)5)56-66-59(62)52-50-48-46-44-42-40-38-36-34-32-27-25-23-21-19-17-15-13-11-9-7-2/h8-11,14-17,20-23,26-28,32,58H,6-7,12-13,18-19,24-25,29-31,33-57H2,1-5H3/b10-8-,11-9-,16-14-,17-15-,22-20-,23-21-,28-26-,32-27-. The first-order valence-corrected chi connectivity index (χ1v) is 29.4. The van der Waals surface area contributed by atoms with Gasteiger partial charge in [-0.05, 0) is 89.9 Å².